The molecular formula is C14H15N3O4S. The molecule has 1 aliphatic heterocycles. The first kappa shape index (κ1) is 14.7. The van der Waals surface area contributed by atoms with Gasteiger partial charge in [-0.3, -0.25) is 9.36 Å². The van der Waals surface area contributed by atoms with Gasteiger partial charge in [-0.2, -0.15) is 11.8 Å². The molecule has 8 heteroatoms. The molecule has 2 aromatic rings. The highest BCUT2D eigenvalue weighted by molar-refractivity contribution is 7.99. The van der Waals surface area contributed by atoms with Gasteiger partial charge in [0, 0.05) is 18.4 Å². The average Bonchev–Trinajstić information content (AvgIpc) is 3.06. The van der Waals surface area contributed by atoms with Gasteiger partial charge in [-0.1, -0.05) is 0 Å². The number of amides is 1. The average molecular weight is 321 g/mol. The van der Waals surface area contributed by atoms with Gasteiger partial charge in [0.05, 0.1) is 11.0 Å². The summed E-state index contributed by atoms with van der Waals surface area (Å²) in [7, 11) is 1.61. The van der Waals surface area contributed by atoms with Crippen LogP contribution in [-0.2, 0) is 11.8 Å². The minimum Gasteiger partial charge on any atom is -0.479 e. The second-order valence-corrected chi connectivity index (χ2v) is 6.47. The van der Waals surface area contributed by atoms with Gasteiger partial charge in [0.1, 0.15) is 5.54 Å². The zero-order valence-corrected chi connectivity index (χ0v) is 12.7. The number of carbonyl (C=O) groups is 2. The van der Waals surface area contributed by atoms with Crippen molar-refractivity contribution in [3.8, 4) is 0 Å². The van der Waals surface area contributed by atoms with Crippen LogP contribution in [-0.4, -0.2) is 43.6 Å². The van der Waals surface area contributed by atoms with Crippen molar-refractivity contribution in [3.63, 3.8) is 0 Å². The molecule has 1 saturated heterocycles. The normalized spacial score (nSPS) is 21.1. The lowest BCUT2D eigenvalue weighted by Crippen LogP contribution is -2.54. The number of carbonyl (C=O) groups excluding carboxylic acids is 1. The fourth-order valence-electron chi connectivity index (χ4n) is 2.54. The van der Waals surface area contributed by atoms with Gasteiger partial charge in [0.2, 0.25) is 0 Å². The van der Waals surface area contributed by atoms with E-state index in [1.807, 2.05) is 0 Å². The van der Waals surface area contributed by atoms with Crippen molar-refractivity contribution >= 4 is 34.7 Å². The summed E-state index contributed by atoms with van der Waals surface area (Å²) in [6.07, 6.45) is 0.406. The minimum atomic E-state index is -1.21. The Kier molecular flexibility index (Phi) is 3.48. The van der Waals surface area contributed by atoms with Gasteiger partial charge in [-0.15, -0.1) is 0 Å². The predicted octanol–water partition coefficient (Wildman–Crippen LogP) is 0.557. The Balaban J connectivity index is 1.93. The highest BCUT2D eigenvalue weighted by Crippen LogP contribution is 2.28. The number of thioether (sulfide) groups is 1. The minimum absolute atomic E-state index is 0.262. The monoisotopic (exact) mass is 321 g/mol. The molecule has 1 unspecified atom stereocenters. The molecule has 2 heterocycles. The van der Waals surface area contributed by atoms with E-state index < -0.39 is 17.4 Å². The molecular weight excluding hydrogens is 306 g/mol. The van der Waals surface area contributed by atoms with Gasteiger partial charge in [0.15, 0.2) is 0 Å². The van der Waals surface area contributed by atoms with E-state index >= 15 is 0 Å². The number of hydrogen-bond acceptors (Lipinski definition) is 4. The number of aromatic nitrogens is 2. The highest BCUT2D eigenvalue weighted by atomic mass is 32.2. The third-order valence-electron chi connectivity index (χ3n) is 3.95. The second kappa shape index (κ2) is 5.20. The second-order valence-electron chi connectivity index (χ2n) is 5.37. The summed E-state index contributed by atoms with van der Waals surface area (Å²) in [5.74, 6) is -0.391. The van der Waals surface area contributed by atoms with Crippen molar-refractivity contribution < 1.29 is 14.7 Å². The topological polar surface area (TPSA) is 104 Å². The number of nitrogens with one attached hydrogen (secondary N) is 2. The Bertz CT molecular complexity index is 817. The molecule has 7 nitrogen and oxygen atoms in total. The molecule has 0 aliphatic carbocycles. The van der Waals surface area contributed by atoms with Crippen molar-refractivity contribution in [2.75, 3.05) is 11.5 Å². The smallest absolute Gasteiger partial charge is 0.330 e. The lowest BCUT2D eigenvalue weighted by atomic mass is 9.98. The van der Waals surface area contributed by atoms with E-state index in [1.165, 1.54) is 16.3 Å². The van der Waals surface area contributed by atoms with Gasteiger partial charge in [0.25, 0.3) is 5.91 Å². The number of H-pyrrole nitrogens is 1. The third kappa shape index (κ3) is 2.29. The fourth-order valence-corrected chi connectivity index (χ4v) is 3.87. The Morgan fingerprint density at radius 2 is 2.23 bits per heavy atom. The number of aromatic amines is 1. The number of carboxylic acid groups (broad SMARTS) is 1. The van der Waals surface area contributed by atoms with Gasteiger partial charge in [-0.25, -0.2) is 9.59 Å². The molecule has 3 N–H and O–H groups in total. The van der Waals surface area contributed by atoms with Gasteiger partial charge in [-0.05, 0) is 30.4 Å². The zero-order chi connectivity index (χ0) is 15.9. The van der Waals surface area contributed by atoms with Crippen LogP contribution in [0.1, 0.15) is 16.8 Å². The number of rotatable bonds is 3. The Hall–Kier alpha value is -2.22. The summed E-state index contributed by atoms with van der Waals surface area (Å²) in [6, 6.07) is 4.80. The molecule has 1 aromatic heterocycles. The Morgan fingerprint density at radius 3 is 2.86 bits per heavy atom. The van der Waals surface area contributed by atoms with E-state index in [0.29, 0.717) is 34.5 Å². The molecule has 1 amide bonds. The quantitative estimate of drug-likeness (QED) is 0.766. The largest absolute Gasteiger partial charge is 0.479 e. The third-order valence-corrected chi connectivity index (χ3v) is 5.14. The van der Waals surface area contributed by atoms with Gasteiger partial charge >= 0.3 is 11.7 Å². The maximum atomic E-state index is 12.4. The Morgan fingerprint density at radius 1 is 1.45 bits per heavy atom. The molecule has 116 valence electrons. The first-order valence-corrected chi connectivity index (χ1v) is 7.91. The van der Waals surface area contributed by atoms with Crippen molar-refractivity contribution in [1.82, 2.24) is 14.9 Å². The molecule has 1 aromatic carbocycles. The fraction of sp³-hybridized carbons (Fsp3) is 0.357. The number of carboxylic acids is 1. The molecule has 0 spiro atoms. The molecule has 0 bridgehead atoms. The SMILES string of the molecule is Cn1c(=O)[nH]c2ccc(C(=O)NC3(C(=O)O)CCSC3)cc21. The maximum absolute atomic E-state index is 12.4. The predicted molar refractivity (Wildman–Crippen MR) is 83.3 cm³/mol. The van der Waals surface area contributed by atoms with Crippen LogP contribution in [0.25, 0.3) is 11.0 Å². The number of aliphatic carboxylic acids is 1. The molecule has 0 radical (unpaired) electrons. The summed E-state index contributed by atoms with van der Waals surface area (Å²) in [6.45, 7) is 0. The van der Waals surface area contributed by atoms with Crippen molar-refractivity contribution in [1.29, 1.82) is 0 Å². The van der Waals surface area contributed by atoms with E-state index in [-0.39, 0.29) is 5.69 Å². The number of aryl methyl sites for hydroxylation is 1. The van der Waals surface area contributed by atoms with Crippen LogP contribution in [0.3, 0.4) is 0 Å². The molecule has 1 aliphatic rings. The summed E-state index contributed by atoms with van der Waals surface area (Å²) >= 11 is 1.51. The maximum Gasteiger partial charge on any atom is 0.330 e. The van der Waals surface area contributed by atoms with Crippen LogP contribution >= 0.6 is 11.8 Å². The molecule has 3 rings (SSSR count). The van der Waals surface area contributed by atoms with E-state index in [9.17, 15) is 19.5 Å². The van der Waals surface area contributed by atoms with E-state index in [4.69, 9.17) is 0 Å². The van der Waals surface area contributed by atoms with E-state index in [0.717, 1.165) is 0 Å². The standard InChI is InChI=1S/C14H15N3O4S/c1-17-10-6-8(2-3-9(10)15-13(17)21)11(18)16-14(12(19)20)4-5-22-7-14/h2-3,6H,4-5,7H2,1H3,(H,15,21)(H,16,18)(H,19,20). The highest BCUT2D eigenvalue weighted by Gasteiger charge is 2.43. The first-order valence-electron chi connectivity index (χ1n) is 6.75. The van der Waals surface area contributed by atoms with Crippen LogP contribution in [0.15, 0.2) is 23.0 Å². The van der Waals surface area contributed by atoms with Crippen molar-refractivity contribution in [3.05, 3.63) is 34.2 Å². The number of nitrogens with zero attached hydrogens (tertiary/aromatic N) is 1. The van der Waals surface area contributed by atoms with Crippen LogP contribution < -0.4 is 11.0 Å². The number of benzene rings is 1. The van der Waals surface area contributed by atoms with Crippen LogP contribution in [0, 0.1) is 0 Å². The molecule has 22 heavy (non-hydrogen) atoms. The van der Waals surface area contributed by atoms with E-state index in [1.54, 1.807) is 25.2 Å². The van der Waals surface area contributed by atoms with Gasteiger partial charge < -0.3 is 15.4 Å². The van der Waals surface area contributed by atoms with Crippen molar-refractivity contribution in [2.45, 2.75) is 12.0 Å². The molecule has 1 atom stereocenters. The summed E-state index contributed by atoms with van der Waals surface area (Å²) in [4.78, 5) is 38.1. The van der Waals surface area contributed by atoms with Crippen molar-refractivity contribution in [2.24, 2.45) is 7.05 Å². The summed E-state index contributed by atoms with van der Waals surface area (Å²) in [5, 5.41) is 12.0. The zero-order valence-electron chi connectivity index (χ0n) is 11.9. The number of fused-ring (bicyclic) bond motifs is 1. The number of imidazole rings is 1. The molecule has 1 fully saturated rings. The lowest BCUT2D eigenvalue weighted by molar-refractivity contribution is -0.143. The van der Waals surface area contributed by atoms with Crippen LogP contribution in [0.5, 0.6) is 0 Å². The summed E-state index contributed by atoms with van der Waals surface area (Å²) < 4.78 is 1.41. The number of hydrogen-bond donors (Lipinski definition) is 3. The lowest BCUT2D eigenvalue weighted by Gasteiger charge is -2.24. The van der Waals surface area contributed by atoms with Crippen LogP contribution in [0.2, 0.25) is 0 Å². The van der Waals surface area contributed by atoms with Crippen LogP contribution in [0.4, 0.5) is 0 Å². The van der Waals surface area contributed by atoms with E-state index in [2.05, 4.69) is 10.3 Å². The first-order chi connectivity index (χ1) is 10.4. The molecule has 0 saturated carbocycles. The summed E-state index contributed by atoms with van der Waals surface area (Å²) in [5.41, 5.74) is 0.0958. The Labute approximate surface area is 129 Å².